The van der Waals surface area contributed by atoms with E-state index in [0.29, 0.717) is 22.0 Å². The van der Waals surface area contributed by atoms with E-state index in [-0.39, 0.29) is 17.7 Å². The van der Waals surface area contributed by atoms with Gasteiger partial charge in [-0.25, -0.2) is 4.39 Å². The maximum absolute atomic E-state index is 13.0. The number of nitrogens with one attached hydrogen (secondary N) is 1. The van der Waals surface area contributed by atoms with E-state index < -0.39 is 5.91 Å². The molecule has 1 aliphatic heterocycles. The number of carbonyl (C=O) groups excluding carboxylic acids is 2. The molecule has 0 bridgehead atoms. The van der Waals surface area contributed by atoms with E-state index in [1.54, 1.807) is 24.3 Å². The Morgan fingerprint density at radius 3 is 2.58 bits per heavy atom. The molecule has 0 aliphatic carbocycles. The van der Waals surface area contributed by atoms with Crippen LogP contribution in [0.4, 0.5) is 9.18 Å². The number of carbonyl (C=O) groups is 2. The van der Waals surface area contributed by atoms with Crippen molar-refractivity contribution < 1.29 is 23.5 Å². The molecule has 3 rings (SSSR count). The van der Waals surface area contributed by atoms with E-state index in [0.717, 1.165) is 20.9 Å². The van der Waals surface area contributed by atoms with Crippen molar-refractivity contribution in [1.82, 2.24) is 5.32 Å². The van der Waals surface area contributed by atoms with Gasteiger partial charge in [-0.05, 0) is 75.8 Å². The number of hydrogen-bond acceptors (Lipinski definition) is 5. The van der Waals surface area contributed by atoms with Crippen molar-refractivity contribution in [1.29, 1.82) is 0 Å². The van der Waals surface area contributed by atoms with Gasteiger partial charge >= 0.3 is 0 Å². The molecule has 0 unspecified atom stereocenters. The van der Waals surface area contributed by atoms with E-state index in [1.165, 1.54) is 19.2 Å². The predicted octanol–water partition coefficient (Wildman–Crippen LogP) is 4.34. The molecule has 1 fully saturated rings. The summed E-state index contributed by atoms with van der Waals surface area (Å²) in [6, 6.07) is 9.61. The number of halogens is 2. The molecule has 0 atom stereocenters. The fourth-order valence-electron chi connectivity index (χ4n) is 2.27. The van der Waals surface area contributed by atoms with Gasteiger partial charge in [-0.2, -0.15) is 0 Å². The maximum Gasteiger partial charge on any atom is 0.290 e. The third-order valence-corrected chi connectivity index (χ3v) is 5.10. The van der Waals surface area contributed by atoms with E-state index >= 15 is 0 Å². The minimum atomic E-state index is -0.411. The van der Waals surface area contributed by atoms with Crippen molar-refractivity contribution in [2.24, 2.45) is 0 Å². The van der Waals surface area contributed by atoms with Gasteiger partial charge in [0.05, 0.1) is 15.6 Å². The van der Waals surface area contributed by atoms with Gasteiger partial charge in [-0.1, -0.05) is 12.1 Å². The van der Waals surface area contributed by atoms with Gasteiger partial charge in [-0.15, -0.1) is 0 Å². The summed E-state index contributed by atoms with van der Waals surface area (Å²) in [7, 11) is 1.52. The second kappa shape index (κ2) is 8.09. The number of thioether (sulfide) groups is 1. The monoisotopic (exact) mass is 485 g/mol. The second-order valence-electron chi connectivity index (χ2n) is 5.30. The lowest BCUT2D eigenvalue weighted by molar-refractivity contribution is -0.115. The average molecular weight is 485 g/mol. The molecule has 2 amide bonds. The summed E-state index contributed by atoms with van der Waals surface area (Å²) >= 11 is 2.97. The molecule has 0 spiro atoms. The molecular weight excluding hydrogens is 472 g/mol. The van der Waals surface area contributed by atoms with Crippen molar-refractivity contribution in [3.8, 4) is 11.5 Å². The Hall–Kier alpha value is -2.07. The van der Waals surface area contributed by atoms with E-state index in [4.69, 9.17) is 9.47 Å². The van der Waals surface area contributed by atoms with Crippen LogP contribution >= 0.6 is 34.4 Å². The first-order chi connectivity index (χ1) is 12.5. The molecule has 1 N–H and O–H groups in total. The molecule has 2 aromatic carbocycles. The van der Waals surface area contributed by atoms with Crippen LogP contribution in [0, 0.1) is 9.39 Å². The topological polar surface area (TPSA) is 64.6 Å². The summed E-state index contributed by atoms with van der Waals surface area (Å²) in [6.07, 6.45) is 1.62. The van der Waals surface area contributed by atoms with Crippen molar-refractivity contribution >= 4 is 51.6 Å². The van der Waals surface area contributed by atoms with E-state index in [2.05, 4.69) is 27.9 Å². The van der Waals surface area contributed by atoms with Crippen LogP contribution in [0.1, 0.15) is 11.1 Å². The third-order valence-electron chi connectivity index (χ3n) is 3.49. The number of benzene rings is 2. The van der Waals surface area contributed by atoms with Gasteiger partial charge < -0.3 is 9.47 Å². The number of imide groups is 1. The smallest absolute Gasteiger partial charge is 0.290 e. The van der Waals surface area contributed by atoms with Crippen LogP contribution in [0.2, 0.25) is 0 Å². The van der Waals surface area contributed by atoms with Crippen molar-refractivity contribution in [2.45, 2.75) is 6.61 Å². The molecule has 1 heterocycles. The van der Waals surface area contributed by atoms with E-state index in [1.807, 2.05) is 6.07 Å². The molecule has 1 saturated heterocycles. The van der Waals surface area contributed by atoms with Crippen LogP contribution in [0.25, 0.3) is 6.08 Å². The fourth-order valence-corrected chi connectivity index (χ4v) is 3.74. The zero-order chi connectivity index (χ0) is 18.7. The van der Waals surface area contributed by atoms with Crippen molar-refractivity contribution in [3.05, 3.63) is 61.8 Å². The molecule has 1 aliphatic rings. The maximum atomic E-state index is 13.0. The second-order valence-corrected chi connectivity index (χ2v) is 7.48. The lowest BCUT2D eigenvalue weighted by atomic mass is 10.2. The molecule has 0 radical (unpaired) electrons. The average Bonchev–Trinajstić information content (AvgIpc) is 2.92. The molecule has 134 valence electrons. The first-order valence-electron chi connectivity index (χ1n) is 7.46. The normalized spacial score (nSPS) is 15.3. The van der Waals surface area contributed by atoms with Crippen LogP contribution in [-0.4, -0.2) is 18.3 Å². The van der Waals surface area contributed by atoms with Crippen LogP contribution in [0.15, 0.2) is 41.3 Å². The van der Waals surface area contributed by atoms with Gasteiger partial charge in [0.2, 0.25) is 0 Å². The summed E-state index contributed by atoms with van der Waals surface area (Å²) in [5.41, 5.74) is 1.54. The molecule has 0 saturated carbocycles. The van der Waals surface area contributed by atoms with Gasteiger partial charge in [0.15, 0.2) is 11.5 Å². The molecule has 26 heavy (non-hydrogen) atoms. The fraction of sp³-hybridized carbons (Fsp3) is 0.111. The zero-order valence-corrected chi connectivity index (χ0v) is 16.5. The van der Waals surface area contributed by atoms with Crippen molar-refractivity contribution in [3.63, 3.8) is 0 Å². The van der Waals surface area contributed by atoms with Crippen LogP contribution < -0.4 is 14.8 Å². The summed E-state index contributed by atoms with van der Waals surface area (Å²) < 4.78 is 25.0. The number of rotatable bonds is 5. The zero-order valence-electron chi connectivity index (χ0n) is 13.5. The summed E-state index contributed by atoms with van der Waals surface area (Å²) in [4.78, 5) is 23.3. The molecule has 5 nitrogen and oxygen atoms in total. The minimum absolute atomic E-state index is 0.264. The minimum Gasteiger partial charge on any atom is -0.493 e. The Labute approximate surface area is 167 Å². The highest BCUT2D eigenvalue weighted by molar-refractivity contribution is 14.1. The Balaban J connectivity index is 1.83. The largest absolute Gasteiger partial charge is 0.493 e. The van der Waals surface area contributed by atoms with Crippen LogP contribution in [-0.2, 0) is 11.4 Å². The number of methoxy groups -OCH3 is 1. The SMILES string of the molecule is COc1cc(/C=C2\SC(=O)NC2=O)cc(I)c1OCc1ccc(F)cc1. The Morgan fingerprint density at radius 2 is 1.96 bits per heavy atom. The quantitative estimate of drug-likeness (QED) is 0.505. The van der Waals surface area contributed by atoms with Gasteiger partial charge in [0.25, 0.3) is 11.1 Å². The van der Waals surface area contributed by atoms with Crippen LogP contribution in [0.3, 0.4) is 0 Å². The van der Waals surface area contributed by atoms with E-state index in [9.17, 15) is 14.0 Å². The molecule has 8 heteroatoms. The number of amides is 2. The van der Waals surface area contributed by atoms with Gasteiger partial charge in [-0.3, -0.25) is 14.9 Å². The molecule has 0 aromatic heterocycles. The van der Waals surface area contributed by atoms with Gasteiger partial charge in [0.1, 0.15) is 12.4 Å². The third kappa shape index (κ3) is 4.36. The predicted molar refractivity (Wildman–Crippen MR) is 106 cm³/mol. The Kier molecular flexibility index (Phi) is 5.82. The standard InChI is InChI=1S/C18H13FINO4S/c1-24-14-7-11(8-15-17(22)21-18(23)26-15)6-13(20)16(14)25-9-10-2-4-12(19)5-3-10/h2-8H,9H2,1H3,(H,21,22,23)/b15-8-. The lowest BCUT2D eigenvalue weighted by Crippen LogP contribution is -2.17. The molecule has 2 aromatic rings. The van der Waals surface area contributed by atoms with Crippen LogP contribution in [0.5, 0.6) is 11.5 Å². The number of ether oxygens (including phenoxy) is 2. The summed E-state index contributed by atoms with van der Waals surface area (Å²) in [6.45, 7) is 0.264. The highest BCUT2D eigenvalue weighted by Gasteiger charge is 2.25. The number of hydrogen-bond donors (Lipinski definition) is 1. The van der Waals surface area contributed by atoms with Gasteiger partial charge in [0, 0.05) is 0 Å². The van der Waals surface area contributed by atoms with Crippen molar-refractivity contribution in [2.75, 3.05) is 7.11 Å². The first-order valence-corrected chi connectivity index (χ1v) is 9.35. The Bertz CT molecular complexity index is 899. The highest BCUT2D eigenvalue weighted by Crippen LogP contribution is 2.36. The lowest BCUT2D eigenvalue weighted by Gasteiger charge is -2.14. The summed E-state index contributed by atoms with van der Waals surface area (Å²) in [5, 5.41) is 1.83. The first kappa shape index (κ1) is 18.7. The molecular formula is C18H13FINO4S. The highest BCUT2D eigenvalue weighted by atomic mass is 127. The Morgan fingerprint density at radius 1 is 1.23 bits per heavy atom. The summed E-state index contributed by atoms with van der Waals surface area (Å²) in [5.74, 6) is 0.344.